The molecular weight excluding hydrogens is 510 g/mol. The van der Waals surface area contributed by atoms with Crippen LogP contribution < -0.4 is 20.3 Å². The molecule has 0 bridgehead atoms. The molecule has 9 heteroatoms. The van der Waals surface area contributed by atoms with Crippen molar-refractivity contribution in [1.82, 2.24) is 20.5 Å². The first-order chi connectivity index (χ1) is 18.9. The van der Waals surface area contributed by atoms with Crippen molar-refractivity contribution in [3.63, 3.8) is 0 Å². The molecule has 2 aromatic carbocycles. The second kappa shape index (κ2) is 10.5. The van der Waals surface area contributed by atoms with Crippen LogP contribution in [0.1, 0.15) is 42.9 Å². The standard InChI is InChI=1S/C30H33N5O3S/c1-18-17-20(38-19-9-5-4-6-10-19)13-14-22(18)35-24-15-16-31-29-25(24)26(33-30(35)37)27(39-29)28(36)32-21-11-7-8-12-23(21)34(2)3/h4-6,9-10,13-17,21,23,26-27H,7-8,11-12H2,1-3H3,(H,32,36)(H,33,37)/t21-,23-,26?,27?/m0/s1. The minimum Gasteiger partial charge on any atom is -0.457 e. The average molecular weight is 544 g/mol. The van der Waals surface area contributed by atoms with Gasteiger partial charge in [-0.2, -0.15) is 0 Å². The van der Waals surface area contributed by atoms with Crippen molar-refractivity contribution in [2.75, 3.05) is 19.0 Å². The second-order valence-corrected chi connectivity index (χ2v) is 11.8. The highest BCUT2D eigenvalue weighted by atomic mass is 32.2. The van der Waals surface area contributed by atoms with Crippen LogP contribution in [0.3, 0.4) is 0 Å². The third kappa shape index (κ3) is 4.85. The van der Waals surface area contributed by atoms with E-state index in [9.17, 15) is 9.59 Å². The summed E-state index contributed by atoms with van der Waals surface area (Å²) in [6.07, 6.45) is 6.06. The molecule has 1 fully saturated rings. The quantitative estimate of drug-likeness (QED) is 0.424. The van der Waals surface area contributed by atoms with E-state index < -0.39 is 11.3 Å². The fourth-order valence-electron chi connectivity index (χ4n) is 5.99. The number of hydrogen-bond donors (Lipinski definition) is 2. The number of nitrogens with one attached hydrogen (secondary N) is 2. The van der Waals surface area contributed by atoms with Crippen LogP contribution in [-0.2, 0) is 4.79 Å². The van der Waals surface area contributed by atoms with Crippen molar-refractivity contribution in [1.29, 1.82) is 0 Å². The monoisotopic (exact) mass is 543 g/mol. The van der Waals surface area contributed by atoms with E-state index in [4.69, 9.17) is 4.74 Å². The molecule has 4 atom stereocenters. The highest BCUT2D eigenvalue weighted by molar-refractivity contribution is 8.01. The Balaban J connectivity index is 1.26. The van der Waals surface area contributed by atoms with Crippen molar-refractivity contribution in [2.24, 2.45) is 0 Å². The Kier molecular flexibility index (Phi) is 6.95. The Morgan fingerprint density at radius 2 is 1.87 bits per heavy atom. The van der Waals surface area contributed by atoms with E-state index >= 15 is 0 Å². The number of urea groups is 1. The number of ether oxygens (including phenoxy) is 1. The van der Waals surface area contributed by atoms with E-state index in [-0.39, 0.29) is 18.0 Å². The minimum atomic E-state index is -0.466. The summed E-state index contributed by atoms with van der Waals surface area (Å²) in [4.78, 5) is 35.7. The number of hydrogen-bond acceptors (Lipinski definition) is 6. The lowest BCUT2D eigenvalue weighted by atomic mass is 9.89. The third-order valence-corrected chi connectivity index (χ3v) is 9.16. The number of pyridine rings is 1. The predicted molar refractivity (Wildman–Crippen MR) is 153 cm³/mol. The van der Waals surface area contributed by atoms with Gasteiger partial charge < -0.3 is 20.3 Å². The average Bonchev–Trinajstić information content (AvgIpc) is 3.30. The van der Waals surface area contributed by atoms with E-state index in [1.54, 1.807) is 11.1 Å². The Hall–Kier alpha value is -3.56. The Morgan fingerprint density at radius 3 is 2.64 bits per heavy atom. The Bertz CT molecular complexity index is 1400. The smallest absolute Gasteiger partial charge is 0.327 e. The number of likely N-dealkylation sites (N-methyl/N-ethyl adjacent to an activating group) is 1. The SMILES string of the molecule is Cc1cc(Oc2ccccc2)ccc1N1C(=O)NC2c3c1ccnc3SC2C(=O)N[C@H]1CCCC[C@@H]1N(C)C. The van der Waals surface area contributed by atoms with Gasteiger partial charge in [-0.05, 0) is 75.8 Å². The van der Waals surface area contributed by atoms with Crippen LogP contribution in [0.15, 0.2) is 65.8 Å². The molecular formula is C30H33N5O3S. The molecule has 2 unspecified atom stereocenters. The van der Waals surface area contributed by atoms with E-state index in [0.29, 0.717) is 11.8 Å². The number of benzene rings is 2. The van der Waals surface area contributed by atoms with Gasteiger partial charge in [0.2, 0.25) is 5.91 Å². The summed E-state index contributed by atoms with van der Waals surface area (Å²) in [6, 6.07) is 16.9. The Labute approximate surface area is 233 Å². The molecule has 0 spiro atoms. The number of carbonyl (C=O) groups is 2. The summed E-state index contributed by atoms with van der Waals surface area (Å²) >= 11 is 1.44. The molecule has 0 radical (unpaired) electrons. The van der Waals surface area contributed by atoms with Crippen molar-refractivity contribution in [3.05, 3.63) is 71.9 Å². The lowest BCUT2D eigenvalue weighted by Gasteiger charge is -2.38. The van der Waals surface area contributed by atoms with Crippen molar-refractivity contribution >= 4 is 35.1 Å². The van der Waals surface area contributed by atoms with Gasteiger partial charge in [0.05, 0.1) is 17.4 Å². The molecule has 6 rings (SSSR count). The number of aryl methyl sites for hydroxylation is 1. The maximum absolute atomic E-state index is 13.6. The van der Waals surface area contributed by atoms with E-state index in [2.05, 4.69) is 34.6 Å². The summed E-state index contributed by atoms with van der Waals surface area (Å²) in [6.45, 7) is 1.96. The molecule has 3 amide bonds. The number of anilines is 2. The summed E-state index contributed by atoms with van der Waals surface area (Å²) in [5.41, 5.74) is 3.32. The van der Waals surface area contributed by atoms with E-state index in [1.807, 2.05) is 61.5 Å². The second-order valence-electron chi connectivity index (χ2n) is 10.6. The van der Waals surface area contributed by atoms with Gasteiger partial charge in [-0.1, -0.05) is 42.8 Å². The maximum atomic E-state index is 13.6. The fraction of sp³-hybridized carbons (Fsp3) is 0.367. The van der Waals surface area contributed by atoms with Crippen LogP contribution in [0.2, 0.25) is 0 Å². The van der Waals surface area contributed by atoms with Gasteiger partial charge in [0.1, 0.15) is 21.8 Å². The summed E-state index contributed by atoms with van der Waals surface area (Å²) < 4.78 is 5.99. The number of carbonyl (C=O) groups excluding carboxylic acids is 2. The van der Waals surface area contributed by atoms with Crippen LogP contribution in [0.5, 0.6) is 11.5 Å². The Morgan fingerprint density at radius 1 is 1.08 bits per heavy atom. The first kappa shape index (κ1) is 25.7. The zero-order valence-electron chi connectivity index (χ0n) is 22.4. The molecule has 1 aromatic heterocycles. The van der Waals surface area contributed by atoms with Gasteiger partial charge in [-0.3, -0.25) is 9.69 Å². The normalized spacial score (nSPS) is 23.8. The van der Waals surface area contributed by atoms with Gasteiger partial charge in [-0.15, -0.1) is 0 Å². The van der Waals surface area contributed by atoms with Gasteiger partial charge >= 0.3 is 6.03 Å². The lowest BCUT2D eigenvalue weighted by molar-refractivity contribution is -0.122. The van der Waals surface area contributed by atoms with Gasteiger partial charge in [-0.25, -0.2) is 9.78 Å². The molecule has 3 heterocycles. The van der Waals surface area contributed by atoms with Crippen LogP contribution in [0.4, 0.5) is 16.2 Å². The van der Waals surface area contributed by atoms with E-state index in [1.165, 1.54) is 18.2 Å². The minimum absolute atomic E-state index is 0.0416. The van der Waals surface area contributed by atoms with Gasteiger partial charge in [0.15, 0.2) is 0 Å². The van der Waals surface area contributed by atoms with Crippen molar-refractivity contribution < 1.29 is 14.3 Å². The highest BCUT2D eigenvalue weighted by Crippen LogP contribution is 2.51. The first-order valence-electron chi connectivity index (χ1n) is 13.5. The van der Waals surface area contributed by atoms with E-state index in [0.717, 1.165) is 52.5 Å². The van der Waals surface area contributed by atoms with Gasteiger partial charge in [0.25, 0.3) is 0 Å². The summed E-state index contributed by atoms with van der Waals surface area (Å²) in [5, 5.41) is 6.77. The molecule has 39 heavy (non-hydrogen) atoms. The number of aromatic nitrogens is 1. The molecule has 3 aromatic rings. The molecule has 1 saturated carbocycles. The van der Waals surface area contributed by atoms with Crippen molar-refractivity contribution in [2.45, 2.75) is 61.0 Å². The van der Waals surface area contributed by atoms with Crippen LogP contribution >= 0.6 is 11.8 Å². The van der Waals surface area contributed by atoms with Crippen LogP contribution in [0.25, 0.3) is 0 Å². The highest BCUT2D eigenvalue weighted by Gasteiger charge is 2.47. The van der Waals surface area contributed by atoms with Gasteiger partial charge in [0, 0.05) is 23.8 Å². The fourth-order valence-corrected chi connectivity index (χ4v) is 7.23. The lowest BCUT2D eigenvalue weighted by Crippen LogP contribution is -2.55. The topological polar surface area (TPSA) is 86.8 Å². The number of nitrogens with zero attached hydrogens (tertiary/aromatic N) is 3. The molecule has 2 aliphatic heterocycles. The van der Waals surface area contributed by atoms with Crippen LogP contribution in [0, 0.1) is 6.92 Å². The summed E-state index contributed by atoms with van der Waals surface area (Å²) in [5.74, 6) is 1.41. The largest absolute Gasteiger partial charge is 0.457 e. The molecule has 3 aliphatic rings. The molecule has 2 N–H and O–H groups in total. The zero-order valence-corrected chi connectivity index (χ0v) is 23.2. The third-order valence-electron chi connectivity index (χ3n) is 7.87. The number of amides is 3. The predicted octanol–water partition coefficient (Wildman–Crippen LogP) is 5.55. The summed E-state index contributed by atoms with van der Waals surface area (Å²) in [7, 11) is 4.15. The number of thioether (sulfide) groups is 1. The number of para-hydroxylation sites is 1. The van der Waals surface area contributed by atoms with Crippen LogP contribution in [-0.4, -0.2) is 53.3 Å². The molecule has 202 valence electrons. The molecule has 8 nitrogen and oxygen atoms in total. The zero-order chi connectivity index (χ0) is 27.1. The maximum Gasteiger partial charge on any atom is 0.327 e. The molecule has 0 saturated heterocycles. The van der Waals surface area contributed by atoms with Crippen molar-refractivity contribution in [3.8, 4) is 11.5 Å². The first-order valence-corrected chi connectivity index (χ1v) is 14.3. The molecule has 1 aliphatic carbocycles. The number of rotatable bonds is 6.